The number of aliphatic imine (C=N–C) groups is 1. The number of nitrogens with two attached hydrogens (primary N) is 1. The van der Waals surface area contributed by atoms with Crippen molar-refractivity contribution in [3.8, 4) is 11.3 Å². The summed E-state index contributed by atoms with van der Waals surface area (Å²) < 4.78 is 2.30. The lowest BCUT2D eigenvalue weighted by atomic mass is 10.0. The summed E-state index contributed by atoms with van der Waals surface area (Å²) in [7, 11) is 0. The van der Waals surface area contributed by atoms with Gasteiger partial charge in [-0.25, -0.2) is 4.98 Å². The van der Waals surface area contributed by atoms with Crippen LogP contribution in [0.1, 0.15) is 36.7 Å². The maximum atomic E-state index is 5.73. The highest BCUT2D eigenvalue weighted by atomic mass is 15.1. The minimum atomic E-state index is 0.1000. The van der Waals surface area contributed by atoms with E-state index in [1.54, 1.807) is 0 Å². The van der Waals surface area contributed by atoms with Crippen molar-refractivity contribution in [3.63, 3.8) is 0 Å². The summed E-state index contributed by atoms with van der Waals surface area (Å²) in [5, 5.41) is 1.28. The van der Waals surface area contributed by atoms with Crippen molar-refractivity contribution in [1.82, 2.24) is 14.5 Å². The van der Waals surface area contributed by atoms with Crippen molar-refractivity contribution in [2.45, 2.75) is 38.3 Å². The molecule has 152 valence electrons. The Kier molecular flexibility index (Phi) is 5.20. The molecule has 1 aliphatic heterocycles. The molecule has 0 spiro atoms. The normalized spacial score (nSPS) is 15.9. The zero-order valence-corrected chi connectivity index (χ0v) is 17.1. The first-order valence-electron chi connectivity index (χ1n) is 10.7. The number of nitrogens with zero attached hydrogens (tertiary/aromatic N) is 3. The average molecular weight is 398 g/mol. The van der Waals surface area contributed by atoms with Crippen LogP contribution in [0.3, 0.4) is 0 Å². The van der Waals surface area contributed by atoms with Crippen LogP contribution in [0.25, 0.3) is 22.2 Å². The molecule has 5 heteroatoms. The van der Waals surface area contributed by atoms with Gasteiger partial charge < -0.3 is 15.3 Å². The lowest BCUT2D eigenvalue weighted by molar-refractivity contribution is 0.528. The first-order chi connectivity index (χ1) is 14.8. The lowest BCUT2D eigenvalue weighted by Gasteiger charge is -2.22. The van der Waals surface area contributed by atoms with Crippen molar-refractivity contribution < 1.29 is 0 Å². The molecule has 0 saturated carbocycles. The number of unbranched alkanes of at least 4 members (excludes halogenated alkanes) is 1. The summed E-state index contributed by atoms with van der Waals surface area (Å²) in [6, 6.07) is 19.0. The molecule has 5 rings (SSSR count). The van der Waals surface area contributed by atoms with Crippen LogP contribution in [0.4, 0.5) is 0 Å². The Balaban J connectivity index is 1.45. The predicted molar refractivity (Wildman–Crippen MR) is 123 cm³/mol. The monoisotopic (exact) mass is 397 g/mol. The molecule has 2 aromatic heterocycles. The van der Waals surface area contributed by atoms with E-state index in [9.17, 15) is 0 Å². The Morgan fingerprint density at radius 2 is 1.87 bits per heavy atom. The van der Waals surface area contributed by atoms with Crippen LogP contribution in [-0.2, 0) is 13.0 Å². The van der Waals surface area contributed by atoms with Crippen LogP contribution in [0.15, 0.2) is 72.0 Å². The van der Waals surface area contributed by atoms with Gasteiger partial charge in [-0.3, -0.25) is 4.99 Å². The minimum Gasteiger partial charge on any atom is -0.361 e. The standard InChI is InChI=1S/C25H27N5/c26-13-7-6-12-23-25-29-24(18-8-2-1-3-9-18)17-30(25)16-20(28-23)14-19-15-27-22-11-5-4-10-21(19)22/h1-5,8-11,15,17,23,27H,6-7,12-14,16,26H2. The predicted octanol–water partition coefficient (Wildman–Crippen LogP) is 4.90. The van der Waals surface area contributed by atoms with E-state index in [4.69, 9.17) is 15.7 Å². The number of imidazole rings is 1. The number of fused-ring (bicyclic) bond motifs is 2. The molecule has 4 aromatic rings. The second-order valence-electron chi connectivity index (χ2n) is 8.01. The fourth-order valence-electron chi connectivity index (χ4n) is 4.36. The first-order valence-corrected chi connectivity index (χ1v) is 10.7. The molecule has 5 nitrogen and oxygen atoms in total. The smallest absolute Gasteiger partial charge is 0.134 e. The Hall–Kier alpha value is -3.18. The average Bonchev–Trinajstić information content (AvgIpc) is 3.39. The number of hydrogen-bond donors (Lipinski definition) is 2. The molecule has 0 fully saturated rings. The second-order valence-corrected chi connectivity index (χ2v) is 8.01. The fourth-order valence-corrected chi connectivity index (χ4v) is 4.36. The quantitative estimate of drug-likeness (QED) is 0.435. The Bertz CT molecular complexity index is 1170. The van der Waals surface area contributed by atoms with Gasteiger partial charge in [-0.05, 0) is 37.4 Å². The third kappa shape index (κ3) is 3.68. The highest BCUT2D eigenvalue weighted by molar-refractivity contribution is 5.93. The van der Waals surface area contributed by atoms with Gasteiger partial charge in [-0.2, -0.15) is 0 Å². The van der Waals surface area contributed by atoms with Gasteiger partial charge in [0.25, 0.3) is 0 Å². The number of nitrogens with one attached hydrogen (secondary N) is 1. The number of benzene rings is 2. The van der Waals surface area contributed by atoms with Crippen LogP contribution in [0.2, 0.25) is 0 Å². The summed E-state index contributed by atoms with van der Waals surface area (Å²) in [5.41, 5.74) is 11.6. The highest BCUT2D eigenvalue weighted by Gasteiger charge is 2.25. The van der Waals surface area contributed by atoms with Gasteiger partial charge in [0, 0.05) is 41.0 Å². The molecule has 0 saturated heterocycles. The topological polar surface area (TPSA) is 72.0 Å². The molecular formula is C25H27N5. The third-order valence-electron chi connectivity index (χ3n) is 5.87. The van der Waals surface area contributed by atoms with Gasteiger partial charge in [0.15, 0.2) is 0 Å². The maximum Gasteiger partial charge on any atom is 0.134 e. The van der Waals surface area contributed by atoms with Gasteiger partial charge in [0.2, 0.25) is 0 Å². The van der Waals surface area contributed by atoms with Crippen LogP contribution >= 0.6 is 0 Å². The van der Waals surface area contributed by atoms with Crippen molar-refractivity contribution in [1.29, 1.82) is 0 Å². The largest absolute Gasteiger partial charge is 0.361 e. The van der Waals surface area contributed by atoms with E-state index < -0.39 is 0 Å². The summed E-state index contributed by atoms with van der Waals surface area (Å²) in [6.07, 6.45) is 8.24. The summed E-state index contributed by atoms with van der Waals surface area (Å²) in [4.78, 5) is 13.5. The van der Waals surface area contributed by atoms with E-state index in [1.807, 2.05) is 6.07 Å². The van der Waals surface area contributed by atoms with E-state index in [2.05, 4.69) is 70.5 Å². The highest BCUT2D eigenvalue weighted by Crippen LogP contribution is 2.31. The van der Waals surface area contributed by atoms with Gasteiger partial charge in [-0.1, -0.05) is 48.5 Å². The second kappa shape index (κ2) is 8.28. The summed E-state index contributed by atoms with van der Waals surface area (Å²) in [6.45, 7) is 1.52. The zero-order chi connectivity index (χ0) is 20.3. The van der Waals surface area contributed by atoms with Crippen molar-refractivity contribution in [3.05, 3.63) is 78.4 Å². The summed E-state index contributed by atoms with van der Waals surface area (Å²) in [5.74, 6) is 1.08. The van der Waals surface area contributed by atoms with Crippen LogP contribution in [-0.4, -0.2) is 26.8 Å². The van der Waals surface area contributed by atoms with Gasteiger partial charge >= 0.3 is 0 Å². The lowest BCUT2D eigenvalue weighted by Crippen LogP contribution is -2.22. The molecule has 3 N–H and O–H groups in total. The molecule has 3 heterocycles. The van der Waals surface area contributed by atoms with E-state index in [-0.39, 0.29) is 6.04 Å². The Morgan fingerprint density at radius 3 is 2.73 bits per heavy atom. The number of aromatic amines is 1. The number of H-pyrrole nitrogens is 1. The van der Waals surface area contributed by atoms with Gasteiger partial charge in [0.1, 0.15) is 11.9 Å². The summed E-state index contributed by atoms with van der Waals surface area (Å²) >= 11 is 0. The molecule has 1 unspecified atom stereocenters. The van der Waals surface area contributed by atoms with E-state index >= 15 is 0 Å². The molecular weight excluding hydrogens is 370 g/mol. The Morgan fingerprint density at radius 1 is 1.03 bits per heavy atom. The van der Waals surface area contributed by atoms with Crippen molar-refractivity contribution >= 4 is 16.6 Å². The molecule has 30 heavy (non-hydrogen) atoms. The number of hydrogen-bond acceptors (Lipinski definition) is 3. The van der Waals surface area contributed by atoms with E-state index in [1.165, 1.54) is 22.2 Å². The minimum absolute atomic E-state index is 0.1000. The first kappa shape index (κ1) is 18.8. The van der Waals surface area contributed by atoms with Crippen LogP contribution in [0, 0.1) is 0 Å². The third-order valence-corrected chi connectivity index (χ3v) is 5.87. The van der Waals surface area contributed by atoms with Crippen molar-refractivity contribution in [2.75, 3.05) is 6.54 Å². The number of aromatic nitrogens is 3. The van der Waals surface area contributed by atoms with E-state index in [0.29, 0.717) is 0 Å². The molecule has 2 aromatic carbocycles. The SMILES string of the molecule is NCCCCC1N=C(Cc2c[nH]c3ccccc23)Cn2cc(-c3ccccc3)nc21. The zero-order valence-electron chi connectivity index (χ0n) is 17.1. The maximum absolute atomic E-state index is 5.73. The fraction of sp³-hybridized carbons (Fsp3) is 0.280. The van der Waals surface area contributed by atoms with Crippen molar-refractivity contribution in [2.24, 2.45) is 10.7 Å². The Labute approximate surface area is 176 Å². The molecule has 0 amide bonds. The molecule has 1 aliphatic rings. The molecule has 0 bridgehead atoms. The van der Waals surface area contributed by atoms with E-state index in [0.717, 1.165) is 55.9 Å². The molecule has 1 atom stereocenters. The van der Waals surface area contributed by atoms with Gasteiger partial charge in [-0.15, -0.1) is 0 Å². The van der Waals surface area contributed by atoms with Crippen LogP contribution < -0.4 is 5.73 Å². The van der Waals surface area contributed by atoms with Gasteiger partial charge in [0.05, 0.1) is 12.2 Å². The van der Waals surface area contributed by atoms with Crippen LogP contribution in [0.5, 0.6) is 0 Å². The number of para-hydroxylation sites is 1. The molecule has 0 radical (unpaired) electrons. The number of rotatable bonds is 7. The molecule has 0 aliphatic carbocycles.